The number of carbonyl (C=O) groups is 1. The van der Waals surface area contributed by atoms with E-state index in [2.05, 4.69) is 20.6 Å². The molecule has 1 saturated heterocycles. The third-order valence-corrected chi connectivity index (χ3v) is 5.43. The molecule has 0 bridgehead atoms. The van der Waals surface area contributed by atoms with E-state index >= 15 is 0 Å². The smallest absolute Gasteiger partial charge is 0.434 e. The number of aromatic nitrogens is 1. The lowest BCUT2D eigenvalue weighted by Crippen LogP contribution is -2.45. The molecule has 1 amide bonds. The highest BCUT2D eigenvalue weighted by Gasteiger charge is 2.33. The van der Waals surface area contributed by atoms with Crippen LogP contribution in [0.15, 0.2) is 10.4 Å². The van der Waals surface area contributed by atoms with Gasteiger partial charge < -0.3 is 20.3 Å². The van der Waals surface area contributed by atoms with Crippen LogP contribution in [0.5, 0.6) is 0 Å². The third kappa shape index (κ3) is 9.79. The first-order valence-electron chi connectivity index (χ1n) is 9.92. The average Bonchev–Trinajstić information content (AvgIpc) is 3.13. The number of rotatable bonds is 5. The number of aliphatic imine (C=N–C) groups is 1. The van der Waals surface area contributed by atoms with Crippen LogP contribution in [0.4, 0.5) is 18.0 Å². The van der Waals surface area contributed by atoms with E-state index < -0.39 is 17.5 Å². The first-order valence-corrected chi connectivity index (χ1v) is 10.8. The molecule has 178 valence electrons. The second-order valence-corrected chi connectivity index (χ2v) is 9.11. The normalized spacial score (nSPS) is 16.0. The van der Waals surface area contributed by atoms with Gasteiger partial charge in [-0.1, -0.05) is 0 Å². The maximum absolute atomic E-state index is 12.6. The van der Waals surface area contributed by atoms with Crippen molar-refractivity contribution in [1.82, 2.24) is 20.5 Å². The van der Waals surface area contributed by atoms with Gasteiger partial charge in [0.1, 0.15) is 5.60 Å². The molecule has 0 atom stereocenters. The standard InChI is InChI=1S/C19H30F3N5O2S.HI/c1-18(2,3)29-17(28)27-9-6-13(7-10-27)11-25-16(23-4)24-8-5-15-26-14(12-30-15)19(20,21)22;/h12-13H,5-11H2,1-4H3,(H2,23,24,25);1H. The molecule has 1 aromatic rings. The summed E-state index contributed by atoms with van der Waals surface area (Å²) in [6, 6.07) is 0. The summed E-state index contributed by atoms with van der Waals surface area (Å²) in [5.41, 5.74) is -1.34. The van der Waals surface area contributed by atoms with Crippen molar-refractivity contribution in [2.75, 3.05) is 33.2 Å². The lowest BCUT2D eigenvalue weighted by atomic mass is 9.97. The van der Waals surface area contributed by atoms with Crippen molar-refractivity contribution in [3.8, 4) is 0 Å². The SMILES string of the molecule is CN=C(NCCc1nc(C(F)(F)F)cs1)NCC1CCN(C(=O)OC(C)(C)C)CC1.I. The van der Waals surface area contributed by atoms with E-state index in [1.807, 2.05) is 20.8 Å². The van der Waals surface area contributed by atoms with Gasteiger partial charge in [0.05, 0.1) is 5.01 Å². The van der Waals surface area contributed by atoms with Crippen LogP contribution < -0.4 is 10.6 Å². The summed E-state index contributed by atoms with van der Waals surface area (Å²) in [6.07, 6.45) is -2.57. The summed E-state index contributed by atoms with van der Waals surface area (Å²) in [7, 11) is 1.64. The Labute approximate surface area is 202 Å². The maximum Gasteiger partial charge on any atom is 0.434 e. The molecule has 31 heavy (non-hydrogen) atoms. The molecular formula is C19H31F3IN5O2S. The Morgan fingerprint density at radius 1 is 1.29 bits per heavy atom. The predicted molar refractivity (Wildman–Crippen MR) is 126 cm³/mol. The highest BCUT2D eigenvalue weighted by Crippen LogP contribution is 2.30. The zero-order chi connectivity index (χ0) is 22.4. The molecular weight excluding hydrogens is 546 g/mol. The van der Waals surface area contributed by atoms with E-state index in [4.69, 9.17) is 4.74 Å². The number of alkyl halides is 3. The molecule has 0 radical (unpaired) electrons. The molecule has 7 nitrogen and oxygen atoms in total. The molecule has 1 aromatic heterocycles. The Hall–Kier alpha value is -1.31. The number of halogens is 4. The summed E-state index contributed by atoms with van der Waals surface area (Å²) < 4.78 is 43.2. The van der Waals surface area contributed by atoms with Crippen LogP contribution in [-0.2, 0) is 17.3 Å². The number of carbonyl (C=O) groups excluding carboxylic acids is 1. The molecule has 0 aliphatic carbocycles. The molecule has 1 aliphatic heterocycles. The molecule has 12 heteroatoms. The first-order chi connectivity index (χ1) is 14.0. The van der Waals surface area contributed by atoms with Gasteiger partial charge in [-0.2, -0.15) is 13.2 Å². The highest BCUT2D eigenvalue weighted by molar-refractivity contribution is 14.0. The fraction of sp³-hybridized carbons (Fsp3) is 0.737. The molecule has 1 aliphatic rings. The molecule has 2 heterocycles. The number of hydrogen-bond acceptors (Lipinski definition) is 5. The van der Waals surface area contributed by atoms with Crippen molar-refractivity contribution < 1.29 is 22.7 Å². The van der Waals surface area contributed by atoms with Gasteiger partial charge in [-0.3, -0.25) is 4.99 Å². The second-order valence-electron chi connectivity index (χ2n) is 8.16. The summed E-state index contributed by atoms with van der Waals surface area (Å²) >= 11 is 1.00. The minimum absolute atomic E-state index is 0. The van der Waals surface area contributed by atoms with E-state index in [9.17, 15) is 18.0 Å². The van der Waals surface area contributed by atoms with Crippen LogP contribution in [0.2, 0.25) is 0 Å². The number of nitrogens with one attached hydrogen (secondary N) is 2. The van der Waals surface area contributed by atoms with E-state index in [1.165, 1.54) is 0 Å². The number of nitrogens with zero attached hydrogens (tertiary/aromatic N) is 3. The number of guanidine groups is 1. The van der Waals surface area contributed by atoms with Gasteiger partial charge in [0.25, 0.3) is 0 Å². The number of hydrogen-bond donors (Lipinski definition) is 2. The molecule has 2 N–H and O–H groups in total. The van der Waals surface area contributed by atoms with Crippen molar-refractivity contribution >= 4 is 47.4 Å². The van der Waals surface area contributed by atoms with E-state index in [-0.39, 0.29) is 30.1 Å². The van der Waals surface area contributed by atoms with Crippen molar-refractivity contribution in [1.29, 1.82) is 0 Å². The van der Waals surface area contributed by atoms with Gasteiger partial charge in [-0.05, 0) is 39.5 Å². The second kappa shape index (κ2) is 12.1. The van der Waals surface area contributed by atoms with Gasteiger partial charge >= 0.3 is 12.3 Å². The zero-order valence-electron chi connectivity index (χ0n) is 18.2. The van der Waals surface area contributed by atoms with Gasteiger partial charge in [0.15, 0.2) is 11.7 Å². The van der Waals surface area contributed by atoms with Crippen LogP contribution in [0.25, 0.3) is 0 Å². The number of ether oxygens (including phenoxy) is 1. The van der Waals surface area contributed by atoms with E-state index in [0.29, 0.717) is 49.5 Å². The summed E-state index contributed by atoms with van der Waals surface area (Å²) in [6.45, 7) is 7.99. The Morgan fingerprint density at radius 2 is 1.94 bits per heavy atom. The minimum Gasteiger partial charge on any atom is -0.444 e. The van der Waals surface area contributed by atoms with Crippen molar-refractivity contribution in [2.24, 2.45) is 10.9 Å². The Morgan fingerprint density at radius 3 is 2.45 bits per heavy atom. The predicted octanol–water partition coefficient (Wildman–Crippen LogP) is 4.13. The Bertz CT molecular complexity index is 729. The van der Waals surface area contributed by atoms with Crippen LogP contribution in [0, 0.1) is 5.92 Å². The monoisotopic (exact) mass is 577 g/mol. The third-order valence-electron chi connectivity index (χ3n) is 4.52. The van der Waals surface area contributed by atoms with Gasteiger partial charge in [-0.15, -0.1) is 35.3 Å². The highest BCUT2D eigenvalue weighted by atomic mass is 127. The fourth-order valence-corrected chi connectivity index (χ4v) is 3.76. The van der Waals surface area contributed by atoms with Crippen LogP contribution in [0.1, 0.15) is 44.3 Å². The van der Waals surface area contributed by atoms with Crippen molar-refractivity contribution in [3.63, 3.8) is 0 Å². The summed E-state index contributed by atoms with van der Waals surface area (Å²) in [4.78, 5) is 21.6. The van der Waals surface area contributed by atoms with E-state index in [1.54, 1.807) is 11.9 Å². The van der Waals surface area contributed by atoms with Crippen LogP contribution in [0.3, 0.4) is 0 Å². The fourth-order valence-electron chi connectivity index (χ4n) is 2.95. The van der Waals surface area contributed by atoms with Crippen molar-refractivity contribution in [2.45, 2.75) is 51.8 Å². The van der Waals surface area contributed by atoms with Crippen LogP contribution >= 0.6 is 35.3 Å². The molecule has 0 aromatic carbocycles. The Balaban J connectivity index is 0.00000480. The van der Waals surface area contributed by atoms with Gasteiger partial charge in [0, 0.05) is 45.0 Å². The Kier molecular flexibility index (Phi) is 10.8. The maximum atomic E-state index is 12.6. The lowest BCUT2D eigenvalue weighted by molar-refractivity contribution is -0.140. The largest absolute Gasteiger partial charge is 0.444 e. The van der Waals surface area contributed by atoms with Crippen LogP contribution in [-0.4, -0.2) is 60.8 Å². The molecule has 1 fully saturated rings. The van der Waals surface area contributed by atoms with Crippen molar-refractivity contribution in [3.05, 3.63) is 16.1 Å². The summed E-state index contributed by atoms with van der Waals surface area (Å²) in [5, 5.41) is 7.81. The number of likely N-dealkylation sites (tertiary alicyclic amines) is 1. The summed E-state index contributed by atoms with van der Waals surface area (Å²) in [5.74, 6) is 0.993. The quantitative estimate of drug-likeness (QED) is 0.313. The lowest BCUT2D eigenvalue weighted by Gasteiger charge is -2.33. The van der Waals surface area contributed by atoms with Gasteiger partial charge in [0.2, 0.25) is 0 Å². The number of amides is 1. The zero-order valence-corrected chi connectivity index (χ0v) is 21.4. The molecule has 2 rings (SSSR count). The molecule has 0 spiro atoms. The minimum atomic E-state index is -4.40. The van der Waals surface area contributed by atoms with Gasteiger partial charge in [-0.25, -0.2) is 9.78 Å². The average molecular weight is 577 g/mol. The topological polar surface area (TPSA) is 78.9 Å². The van der Waals surface area contributed by atoms with E-state index in [0.717, 1.165) is 29.6 Å². The number of piperidine rings is 1. The molecule has 0 unspecified atom stereocenters. The number of thiazole rings is 1. The first kappa shape index (κ1) is 27.7. The molecule has 0 saturated carbocycles.